The lowest BCUT2D eigenvalue weighted by Gasteiger charge is -2.14. The van der Waals surface area contributed by atoms with Crippen LogP contribution in [0.2, 0.25) is 0 Å². The Labute approximate surface area is 108 Å². The molecule has 0 heterocycles. The van der Waals surface area contributed by atoms with Crippen LogP contribution in [0.5, 0.6) is 0 Å². The number of nitrogens with one attached hydrogen (secondary N) is 2. The fourth-order valence-corrected chi connectivity index (χ4v) is 1.50. The minimum absolute atomic E-state index is 0.0253. The first-order valence-electron chi connectivity index (χ1n) is 6.10. The minimum atomic E-state index is -0.239. The van der Waals surface area contributed by atoms with Gasteiger partial charge in [-0.15, -0.1) is 0 Å². The zero-order valence-corrected chi connectivity index (χ0v) is 10.9. The van der Waals surface area contributed by atoms with Gasteiger partial charge in [0.15, 0.2) is 0 Å². The van der Waals surface area contributed by atoms with Crippen LogP contribution in [0.15, 0.2) is 24.3 Å². The van der Waals surface area contributed by atoms with Gasteiger partial charge in [0.25, 0.3) is 0 Å². The summed E-state index contributed by atoms with van der Waals surface area (Å²) in [5.74, 6) is 0. The molecule has 1 aromatic rings. The lowest BCUT2D eigenvalue weighted by molar-refractivity contribution is 0.129. The molecule has 0 saturated carbocycles. The van der Waals surface area contributed by atoms with Gasteiger partial charge in [-0.25, -0.2) is 4.79 Å². The second-order valence-electron chi connectivity index (χ2n) is 4.06. The van der Waals surface area contributed by atoms with E-state index in [1.165, 1.54) is 0 Å². The van der Waals surface area contributed by atoms with Gasteiger partial charge in [0.1, 0.15) is 0 Å². The molecule has 0 fully saturated rings. The molecule has 0 aliphatic heterocycles. The van der Waals surface area contributed by atoms with Gasteiger partial charge in [0, 0.05) is 18.8 Å². The van der Waals surface area contributed by atoms with Crippen LogP contribution in [0.1, 0.15) is 19.4 Å². The fourth-order valence-electron chi connectivity index (χ4n) is 1.50. The van der Waals surface area contributed by atoms with E-state index in [4.69, 9.17) is 10.5 Å². The molecule has 5 heteroatoms. The lowest BCUT2D eigenvalue weighted by atomic mass is 10.2. The average Bonchev–Trinajstić information content (AvgIpc) is 2.36. The molecule has 1 rings (SSSR count). The van der Waals surface area contributed by atoms with Gasteiger partial charge in [-0.2, -0.15) is 0 Å². The van der Waals surface area contributed by atoms with E-state index >= 15 is 0 Å². The second kappa shape index (κ2) is 7.68. The highest BCUT2D eigenvalue weighted by Crippen LogP contribution is 2.09. The molecule has 1 unspecified atom stereocenters. The number of hydrogen-bond donors (Lipinski definition) is 3. The van der Waals surface area contributed by atoms with Gasteiger partial charge in [-0.1, -0.05) is 12.1 Å². The molecule has 0 bridgehead atoms. The summed E-state index contributed by atoms with van der Waals surface area (Å²) in [6.45, 7) is 5.42. The van der Waals surface area contributed by atoms with Crippen molar-refractivity contribution in [1.29, 1.82) is 0 Å². The Morgan fingerprint density at radius 3 is 2.94 bits per heavy atom. The maximum Gasteiger partial charge on any atom is 0.319 e. The number of benzene rings is 1. The molecule has 0 aromatic heterocycles. The van der Waals surface area contributed by atoms with Crippen LogP contribution in [0.3, 0.4) is 0 Å². The van der Waals surface area contributed by atoms with Crippen LogP contribution in [0, 0.1) is 0 Å². The molecule has 1 atom stereocenters. The molecular weight excluding hydrogens is 230 g/mol. The Hall–Kier alpha value is -1.59. The summed E-state index contributed by atoms with van der Waals surface area (Å²) < 4.78 is 5.22. The number of urea groups is 1. The summed E-state index contributed by atoms with van der Waals surface area (Å²) >= 11 is 0. The highest BCUT2D eigenvalue weighted by molar-refractivity contribution is 5.89. The van der Waals surface area contributed by atoms with Crippen molar-refractivity contribution in [2.75, 3.05) is 18.5 Å². The van der Waals surface area contributed by atoms with Crippen molar-refractivity contribution >= 4 is 11.7 Å². The monoisotopic (exact) mass is 251 g/mol. The van der Waals surface area contributed by atoms with Crippen molar-refractivity contribution in [3.05, 3.63) is 29.8 Å². The van der Waals surface area contributed by atoms with E-state index in [1.807, 2.05) is 38.1 Å². The summed E-state index contributed by atoms with van der Waals surface area (Å²) in [5.41, 5.74) is 7.26. The summed E-state index contributed by atoms with van der Waals surface area (Å²) in [6.07, 6.45) is 0. The van der Waals surface area contributed by atoms with Crippen LogP contribution in [-0.2, 0) is 11.3 Å². The minimum Gasteiger partial charge on any atom is -0.380 e. The molecule has 0 spiro atoms. The topological polar surface area (TPSA) is 76.4 Å². The number of ether oxygens (including phenoxy) is 1. The smallest absolute Gasteiger partial charge is 0.319 e. The van der Waals surface area contributed by atoms with E-state index in [9.17, 15) is 4.79 Å². The number of anilines is 1. The number of hydrogen-bond acceptors (Lipinski definition) is 3. The molecule has 0 saturated heterocycles. The van der Waals surface area contributed by atoms with E-state index in [0.717, 1.165) is 11.3 Å². The van der Waals surface area contributed by atoms with Crippen molar-refractivity contribution in [2.24, 2.45) is 5.73 Å². The molecule has 2 amide bonds. The maximum absolute atomic E-state index is 11.7. The summed E-state index contributed by atoms with van der Waals surface area (Å²) in [4.78, 5) is 11.7. The van der Waals surface area contributed by atoms with Crippen LogP contribution >= 0.6 is 0 Å². The van der Waals surface area contributed by atoms with E-state index in [0.29, 0.717) is 19.8 Å². The van der Waals surface area contributed by atoms with Gasteiger partial charge in [-0.05, 0) is 31.5 Å². The first kappa shape index (κ1) is 14.5. The third-order valence-electron chi connectivity index (χ3n) is 2.37. The van der Waals surface area contributed by atoms with Gasteiger partial charge in [0.05, 0.1) is 12.6 Å². The molecule has 18 heavy (non-hydrogen) atoms. The standard InChI is InChI=1S/C13H21N3O2/c1-3-18-9-10(2)15-13(17)16-12-6-4-5-11(7-12)8-14/h4-7,10H,3,8-9,14H2,1-2H3,(H2,15,16,17). The van der Waals surface area contributed by atoms with Crippen molar-refractivity contribution in [3.63, 3.8) is 0 Å². The number of amides is 2. The summed E-state index contributed by atoms with van der Waals surface area (Å²) in [5, 5.41) is 5.56. The van der Waals surface area contributed by atoms with Crippen LogP contribution < -0.4 is 16.4 Å². The fraction of sp³-hybridized carbons (Fsp3) is 0.462. The zero-order valence-electron chi connectivity index (χ0n) is 10.9. The molecule has 0 aliphatic rings. The third-order valence-corrected chi connectivity index (χ3v) is 2.37. The van der Waals surface area contributed by atoms with Crippen molar-refractivity contribution in [3.8, 4) is 0 Å². The maximum atomic E-state index is 11.7. The van der Waals surface area contributed by atoms with Crippen molar-refractivity contribution < 1.29 is 9.53 Å². The Morgan fingerprint density at radius 1 is 1.50 bits per heavy atom. The molecule has 5 nitrogen and oxygen atoms in total. The van der Waals surface area contributed by atoms with Gasteiger partial charge < -0.3 is 21.1 Å². The highest BCUT2D eigenvalue weighted by atomic mass is 16.5. The predicted octanol–water partition coefficient (Wildman–Crippen LogP) is 1.69. The van der Waals surface area contributed by atoms with Crippen LogP contribution in [-0.4, -0.2) is 25.3 Å². The van der Waals surface area contributed by atoms with Gasteiger partial charge >= 0.3 is 6.03 Å². The Morgan fingerprint density at radius 2 is 2.28 bits per heavy atom. The van der Waals surface area contributed by atoms with E-state index in [-0.39, 0.29) is 12.1 Å². The van der Waals surface area contributed by atoms with Crippen LogP contribution in [0.4, 0.5) is 10.5 Å². The largest absolute Gasteiger partial charge is 0.380 e. The normalized spacial score (nSPS) is 11.9. The summed E-state index contributed by atoms with van der Waals surface area (Å²) in [7, 11) is 0. The average molecular weight is 251 g/mol. The van der Waals surface area contributed by atoms with Crippen molar-refractivity contribution in [1.82, 2.24) is 5.32 Å². The molecule has 1 aromatic carbocycles. The van der Waals surface area contributed by atoms with Crippen LogP contribution in [0.25, 0.3) is 0 Å². The van der Waals surface area contributed by atoms with E-state index < -0.39 is 0 Å². The SMILES string of the molecule is CCOCC(C)NC(=O)Nc1cccc(CN)c1. The second-order valence-corrected chi connectivity index (χ2v) is 4.06. The number of carbonyl (C=O) groups excluding carboxylic acids is 1. The number of nitrogens with two attached hydrogens (primary N) is 1. The molecular formula is C13H21N3O2. The Kier molecular flexibility index (Phi) is 6.18. The van der Waals surface area contributed by atoms with Gasteiger partial charge in [-0.3, -0.25) is 0 Å². The van der Waals surface area contributed by atoms with Crippen molar-refractivity contribution in [2.45, 2.75) is 26.4 Å². The molecule has 0 radical (unpaired) electrons. The lowest BCUT2D eigenvalue weighted by Crippen LogP contribution is -2.38. The van der Waals surface area contributed by atoms with Gasteiger partial charge in [0.2, 0.25) is 0 Å². The number of rotatable bonds is 6. The zero-order chi connectivity index (χ0) is 13.4. The first-order valence-corrected chi connectivity index (χ1v) is 6.10. The molecule has 0 aliphatic carbocycles. The number of carbonyl (C=O) groups is 1. The molecule has 100 valence electrons. The Balaban J connectivity index is 2.43. The predicted molar refractivity (Wildman–Crippen MR) is 72.4 cm³/mol. The third kappa shape index (κ3) is 5.16. The van der Waals surface area contributed by atoms with E-state index in [1.54, 1.807) is 0 Å². The van der Waals surface area contributed by atoms with E-state index in [2.05, 4.69) is 10.6 Å². The first-order chi connectivity index (χ1) is 8.65. The highest BCUT2D eigenvalue weighted by Gasteiger charge is 2.07. The quantitative estimate of drug-likeness (QED) is 0.720. The summed E-state index contributed by atoms with van der Waals surface area (Å²) in [6, 6.07) is 7.19. The molecule has 4 N–H and O–H groups in total. The Bertz CT molecular complexity index is 382.